The molecule has 2 aromatic rings. The summed E-state index contributed by atoms with van der Waals surface area (Å²) in [6, 6.07) is -0.350. The third kappa shape index (κ3) is 2.34. The molecule has 0 saturated heterocycles. The molecule has 2 aliphatic rings. The third-order valence-corrected chi connectivity index (χ3v) is 4.17. The Labute approximate surface area is 124 Å². The smallest absolute Gasteiger partial charge is 0.258 e. The normalized spacial score (nSPS) is 19.3. The zero-order chi connectivity index (χ0) is 15.3. The zero-order valence-electron chi connectivity index (χ0n) is 11.7. The topological polar surface area (TPSA) is 105 Å². The van der Waals surface area contributed by atoms with Gasteiger partial charge in [0.2, 0.25) is 0 Å². The number of hydrogen-bond donors (Lipinski definition) is 0. The standard InChI is InChI=1S/C12H14FN7O2/c13-11-9(20(21)22)6-18(15-11)10(8-3-4-8)12-14-16-17-19(12)5-7-1-2-7/h6-8,10H,1-5H2. The maximum Gasteiger partial charge on any atom is 0.343 e. The van der Waals surface area contributed by atoms with Crippen LogP contribution in [0, 0.1) is 27.9 Å². The quantitative estimate of drug-likeness (QED) is 0.589. The Kier molecular flexibility index (Phi) is 2.91. The first kappa shape index (κ1) is 13.3. The average molecular weight is 307 g/mol. The van der Waals surface area contributed by atoms with Crippen molar-refractivity contribution in [2.24, 2.45) is 11.8 Å². The van der Waals surface area contributed by atoms with E-state index in [1.807, 2.05) is 0 Å². The van der Waals surface area contributed by atoms with Crippen LogP contribution >= 0.6 is 0 Å². The van der Waals surface area contributed by atoms with Crippen LogP contribution in [0.1, 0.15) is 37.5 Å². The van der Waals surface area contributed by atoms with Gasteiger partial charge in [-0.15, -0.1) is 10.2 Å². The van der Waals surface area contributed by atoms with Crippen molar-refractivity contribution in [3.63, 3.8) is 0 Å². The molecule has 0 aliphatic heterocycles. The van der Waals surface area contributed by atoms with Gasteiger partial charge in [-0.05, 0) is 47.9 Å². The highest BCUT2D eigenvalue weighted by Gasteiger charge is 2.40. The van der Waals surface area contributed by atoms with Crippen molar-refractivity contribution < 1.29 is 9.31 Å². The lowest BCUT2D eigenvalue weighted by atomic mass is 10.1. The Morgan fingerprint density at radius 3 is 2.77 bits per heavy atom. The molecule has 2 fully saturated rings. The van der Waals surface area contributed by atoms with Gasteiger partial charge in [-0.25, -0.2) is 4.68 Å². The summed E-state index contributed by atoms with van der Waals surface area (Å²) in [6.45, 7) is 0.734. The number of halogens is 1. The van der Waals surface area contributed by atoms with E-state index in [-0.39, 0.29) is 12.0 Å². The molecule has 0 bridgehead atoms. The van der Waals surface area contributed by atoms with E-state index in [0.717, 1.165) is 38.4 Å². The number of tetrazole rings is 1. The second kappa shape index (κ2) is 4.82. The molecule has 2 heterocycles. The summed E-state index contributed by atoms with van der Waals surface area (Å²) in [4.78, 5) is 10.0. The van der Waals surface area contributed by atoms with E-state index >= 15 is 0 Å². The van der Waals surface area contributed by atoms with E-state index < -0.39 is 16.6 Å². The van der Waals surface area contributed by atoms with Gasteiger partial charge >= 0.3 is 11.6 Å². The number of hydrogen-bond acceptors (Lipinski definition) is 6. The van der Waals surface area contributed by atoms with Crippen LogP contribution in [-0.4, -0.2) is 34.9 Å². The van der Waals surface area contributed by atoms with Crippen molar-refractivity contribution in [3.8, 4) is 0 Å². The highest BCUT2D eigenvalue weighted by atomic mass is 19.1. The van der Waals surface area contributed by atoms with E-state index in [9.17, 15) is 14.5 Å². The maximum absolute atomic E-state index is 13.6. The number of rotatable bonds is 6. The molecule has 116 valence electrons. The fraction of sp³-hybridized carbons (Fsp3) is 0.667. The van der Waals surface area contributed by atoms with Crippen LogP contribution in [0.4, 0.5) is 10.1 Å². The predicted octanol–water partition coefficient (Wildman–Crippen LogP) is 1.33. The second-order valence-electron chi connectivity index (χ2n) is 5.99. The van der Waals surface area contributed by atoms with Gasteiger partial charge in [0.25, 0.3) is 0 Å². The predicted molar refractivity (Wildman–Crippen MR) is 70.2 cm³/mol. The summed E-state index contributed by atoms with van der Waals surface area (Å²) in [5.41, 5.74) is -0.619. The van der Waals surface area contributed by atoms with E-state index in [4.69, 9.17) is 0 Å². The molecule has 0 amide bonds. The minimum absolute atomic E-state index is 0.239. The van der Waals surface area contributed by atoms with Crippen LogP contribution in [0.2, 0.25) is 0 Å². The molecule has 2 aliphatic carbocycles. The lowest BCUT2D eigenvalue weighted by molar-refractivity contribution is -0.387. The molecule has 0 radical (unpaired) electrons. The van der Waals surface area contributed by atoms with Gasteiger partial charge in [0.1, 0.15) is 12.2 Å². The van der Waals surface area contributed by atoms with E-state index in [1.54, 1.807) is 4.68 Å². The van der Waals surface area contributed by atoms with Crippen LogP contribution in [0.25, 0.3) is 0 Å². The van der Waals surface area contributed by atoms with Crippen LogP contribution < -0.4 is 0 Å². The fourth-order valence-corrected chi connectivity index (χ4v) is 2.68. The Morgan fingerprint density at radius 2 is 2.18 bits per heavy atom. The van der Waals surface area contributed by atoms with Crippen LogP contribution in [0.3, 0.4) is 0 Å². The van der Waals surface area contributed by atoms with Crippen LogP contribution in [0.15, 0.2) is 6.20 Å². The first-order chi connectivity index (χ1) is 10.6. The number of nitrogens with zero attached hydrogens (tertiary/aromatic N) is 7. The van der Waals surface area contributed by atoms with E-state index in [1.165, 1.54) is 4.68 Å². The van der Waals surface area contributed by atoms with E-state index in [0.29, 0.717) is 11.7 Å². The summed E-state index contributed by atoms with van der Waals surface area (Å²) in [5, 5.41) is 26.3. The fourth-order valence-electron chi connectivity index (χ4n) is 2.68. The summed E-state index contributed by atoms with van der Waals surface area (Å²) in [6.07, 6.45) is 5.37. The Bertz CT molecular complexity index is 719. The molecular formula is C12H14FN7O2. The molecule has 0 spiro atoms. The van der Waals surface area contributed by atoms with Crippen LogP contribution in [-0.2, 0) is 6.54 Å². The molecule has 2 saturated carbocycles. The summed E-state index contributed by atoms with van der Waals surface area (Å²) in [7, 11) is 0. The summed E-state index contributed by atoms with van der Waals surface area (Å²) >= 11 is 0. The molecule has 1 unspecified atom stereocenters. The summed E-state index contributed by atoms with van der Waals surface area (Å²) in [5.74, 6) is 0.359. The number of nitro groups is 1. The van der Waals surface area contributed by atoms with Crippen molar-refractivity contribution in [2.75, 3.05) is 0 Å². The monoisotopic (exact) mass is 307 g/mol. The highest BCUT2D eigenvalue weighted by molar-refractivity contribution is 5.24. The third-order valence-electron chi connectivity index (χ3n) is 4.17. The molecule has 22 heavy (non-hydrogen) atoms. The Balaban J connectivity index is 1.70. The van der Waals surface area contributed by atoms with Gasteiger partial charge in [0, 0.05) is 6.54 Å². The molecule has 9 nitrogen and oxygen atoms in total. The first-order valence-corrected chi connectivity index (χ1v) is 7.28. The zero-order valence-corrected chi connectivity index (χ0v) is 11.7. The minimum atomic E-state index is -1.07. The lowest BCUT2D eigenvalue weighted by Gasteiger charge is -2.15. The van der Waals surface area contributed by atoms with Gasteiger partial charge in [-0.3, -0.25) is 14.8 Å². The minimum Gasteiger partial charge on any atom is -0.258 e. The molecule has 0 N–H and O–H groups in total. The lowest BCUT2D eigenvalue weighted by Crippen LogP contribution is -2.20. The first-order valence-electron chi connectivity index (χ1n) is 7.28. The van der Waals surface area contributed by atoms with E-state index in [2.05, 4.69) is 20.6 Å². The Hall–Kier alpha value is -2.39. The maximum atomic E-state index is 13.6. The molecule has 2 aromatic heterocycles. The van der Waals surface area contributed by atoms with Crippen molar-refractivity contribution in [3.05, 3.63) is 28.1 Å². The molecule has 1 atom stereocenters. The second-order valence-corrected chi connectivity index (χ2v) is 5.99. The van der Waals surface area contributed by atoms with Crippen LogP contribution in [0.5, 0.6) is 0 Å². The average Bonchev–Trinajstić information content (AvgIpc) is 3.36. The molecule has 0 aromatic carbocycles. The van der Waals surface area contributed by atoms with Gasteiger partial charge < -0.3 is 0 Å². The van der Waals surface area contributed by atoms with Gasteiger partial charge in [0.15, 0.2) is 5.82 Å². The molecular weight excluding hydrogens is 293 g/mol. The molecule has 4 rings (SSSR count). The van der Waals surface area contributed by atoms with Crippen molar-refractivity contribution in [1.29, 1.82) is 0 Å². The van der Waals surface area contributed by atoms with Crippen molar-refractivity contribution in [2.45, 2.75) is 38.3 Å². The van der Waals surface area contributed by atoms with Gasteiger partial charge in [-0.1, -0.05) is 0 Å². The molecule has 10 heteroatoms. The van der Waals surface area contributed by atoms with Gasteiger partial charge in [-0.2, -0.15) is 4.39 Å². The van der Waals surface area contributed by atoms with Crippen molar-refractivity contribution >= 4 is 5.69 Å². The SMILES string of the molecule is O=[N+]([O-])c1cn(C(c2nnnn2CC2CC2)C2CC2)nc1F. The largest absolute Gasteiger partial charge is 0.343 e. The highest BCUT2D eigenvalue weighted by Crippen LogP contribution is 2.43. The summed E-state index contributed by atoms with van der Waals surface area (Å²) < 4.78 is 16.7. The van der Waals surface area contributed by atoms with Crippen molar-refractivity contribution in [1.82, 2.24) is 30.0 Å². The number of aromatic nitrogens is 6. The Morgan fingerprint density at radius 1 is 1.41 bits per heavy atom. The van der Waals surface area contributed by atoms with Gasteiger partial charge in [0.05, 0.1) is 4.92 Å².